The minimum Gasteiger partial charge on any atom is -0.480 e. The van der Waals surface area contributed by atoms with E-state index in [4.69, 9.17) is 4.74 Å². The summed E-state index contributed by atoms with van der Waals surface area (Å²) in [6.07, 6.45) is -0.0326. The fourth-order valence-electron chi connectivity index (χ4n) is 2.41. The Morgan fingerprint density at radius 3 is 2.30 bits per heavy atom. The molecular weight excluding hydrogens is 280 g/mol. The van der Waals surface area contributed by atoms with Gasteiger partial charge in [-0.05, 0) is 37.1 Å². The van der Waals surface area contributed by atoms with Gasteiger partial charge in [-0.15, -0.1) is 0 Å². The Balaban J connectivity index is 2.56. The quantitative estimate of drug-likeness (QED) is 0.919. The Morgan fingerprint density at radius 2 is 1.80 bits per heavy atom. The fourth-order valence-corrected chi connectivity index (χ4v) is 4.37. The molecule has 20 heavy (non-hydrogen) atoms. The van der Waals surface area contributed by atoms with Crippen molar-refractivity contribution >= 4 is 15.8 Å². The van der Waals surface area contributed by atoms with Crippen LogP contribution in [0.4, 0.5) is 0 Å². The molecule has 110 valence electrons. The molecule has 0 aliphatic carbocycles. The molecule has 0 unspecified atom stereocenters. The van der Waals surface area contributed by atoms with Crippen molar-refractivity contribution in [2.75, 3.05) is 13.2 Å². The van der Waals surface area contributed by atoms with Crippen LogP contribution in [0.1, 0.15) is 24.0 Å². The van der Waals surface area contributed by atoms with E-state index in [-0.39, 0.29) is 31.0 Å². The number of sulfone groups is 1. The van der Waals surface area contributed by atoms with E-state index in [2.05, 4.69) is 0 Å². The molecule has 2 rings (SSSR count). The number of hydrogen-bond donors (Lipinski definition) is 1. The maximum Gasteiger partial charge on any atom is 0.325 e. The SMILES string of the molecule is Cc1ccc(S(=O)(=O)C2(C(=O)O)CCOCC2)cc1C. The molecule has 5 nitrogen and oxygen atoms in total. The second kappa shape index (κ2) is 5.18. The molecule has 1 N–H and O–H groups in total. The number of carboxylic acids is 1. The van der Waals surface area contributed by atoms with Crippen LogP contribution in [0.25, 0.3) is 0 Å². The molecule has 0 atom stereocenters. The number of aryl methyl sites for hydroxylation is 2. The molecule has 1 fully saturated rings. The van der Waals surface area contributed by atoms with Crippen molar-refractivity contribution in [3.63, 3.8) is 0 Å². The van der Waals surface area contributed by atoms with Crippen LogP contribution in [0, 0.1) is 13.8 Å². The summed E-state index contributed by atoms with van der Waals surface area (Å²) in [7, 11) is -3.94. The zero-order valence-electron chi connectivity index (χ0n) is 11.5. The first-order valence-corrected chi connectivity index (χ1v) is 7.92. The summed E-state index contributed by atoms with van der Waals surface area (Å²) in [5.41, 5.74) is 1.80. The average molecular weight is 298 g/mol. The molecule has 1 aromatic carbocycles. The fraction of sp³-hybridized carbons (Fsp3) is 0.500. The summed E-state index contributed by atoms with van der Waals surface area (Å²) in [6.45, 7) is 3.99. The van der Waals surface area contributed by atoms with Crippen LogP contribution in [0.15, 0.2) is 23.1 Å². The van der Waals surface area contributed by atoms with Gasteiger partial charge in [-0.3, -0.25) is 4.79 Å². The van der Waals surface area contributed by atoms with Crippen LogP contribution < -0.4 is 0 Å². The van der Waals surface area contributed by atoms with Gasteiger partial charge in [-0.1, -0.05) is 6.07 Å². The number of aliphatic carboxylic acids is 1. The minimum absolute atomic E-state index is 0.0163. The lowest BCUT2D eigenvalue weighted by Gasteiger charge is -2.32. The Hall–Kier alpha value is -1.40. The molecule has 1 heterocycles. The van der Waals surface area contributed by atoms with Crippen LogP contribution in [0.3, 0.4) is 0 Å². The lowest BCUT2D eigenvalue weighted by molar-refractivity contribution is -0.142. The maximum atomic E-state index is 12.8. The van der Waals surface area contributed by atoms with Crippen molar-refractivity contribution in [2.24, 2.45) is 0 Å². The Morgan fingerprint density at radius 1 is 1.20 bits per heavy atom. The largest absolute Gasteiger partial charge is 0.480 e. The number of rotatable bonds is 3. The van der Waals surface area contributed by atoms with Gasteiger partial charge in [0.15, 0.2) is 14.6 Å². The maximum absolute atomic E-state index is 12.8. The Bertz CT molecular complexity index is 627. The minimum atomic E-state index is -3.94. The van der Waals surface area contributed by atoms with Gasteiger partial charge in [-0.25, -0.2) is 8.42 Å². The van der Waals surface area contributed by atoms with E-state index in [1.165, 1.54) is 6.07 Å². The highest BCUT2D eigenvalue weighted by Gasteiger charge is 2.52. The summed E-state index contributed by atoms with van der Waals surface area (Å²) >= 11 is 0. The lowest BCUT2D eigenvalue weighted by Crippen LogP contribution is -2.50. The van der Waals surface area contributed by atoms with Crippen LogP contribution in [0.5, 0.6) is 0 Å². The van der Waals surface area contributed by atoms with Crippen molar-refractivity contribution in [3.05, 3.63) is 29.3 Å². The summed E-state index contributed by atoms with van der Waals surface area (Å²) < 4.78 is 28.9. The van der Waals surface area contributed by atoms with E-state index in [0.29, 0.717) is 0 Å². The molecule has 0 amide bonds. The molecule has 1 aliphatic heterocycles. The van der Waals surface area contributed by atoms with Gasteiger partial charge in [-0.2, -0.15) is 0 Å². The average Bonchev–Trinajstić information content (AvgIpc) is 2.42. The van der Waals surface area contributed by atoms with E-state index in [1.807, 2.05) is 13.8 Å². The van der Waals surface area contributed by atoms with Crippen LogP contribution >= 0.6 is 0 Å². The number of carboxylic acid groups (broad SMARTS) is 1. The first-order chi connectivity index (χ1) is 9.31. The van der Waals surface area contributed by atoms with Crippen LogP contribution in [-0.2, 0) is 19.4 Å². The third-order valence-electron chi connectivity index (χ3n) is 3.99. The van der Waals surface area contributed by atoms with Gasteiger partial charge in [0.1, 0.15) is 0 Å². The third-order valence-corrected chi connectivity index (χ3v) is 6.48. The highest BCUT2D eigenvalue weighted by atomic mass is 32.2. The smallest absolute Gasteiger partial charge is 0.325 e. The molecule has 0 spiro atoms. The van der Waals surface area contributed by atoms with E-state index < -0.39 is 20.6 Å². The molecule has 0 saturated carbocycles. The zero-order valence-corrected chi connectivity index (χ0v) is 12.4. The van der Waals surface area contributed by atoms with Gasteiger partial charge in [0.05, 0.1) is 4.90 Å². The molecule has 0 bridgehead atoms. The second-order valence-corrected chi connectivity index (χ2v) is 7.42. The summed E-state index contributed by atoms with van der Waals surface area (Å²) in [5, 5.41) is 9.47. The predicted octanol–water partition coefficient (Wildman–Crippen LogP) is 1.71. The molecule has 1 aliphatic rings. The van der Waals surface area contributed by atoms with Crippen LogP contribution in [0.2, 0.25) is 0 Å². The van der Waals surface area contributed by atoms with Crippen molar-refractivity contribution in [1.82, 2.24) is 0 Å². The summed E-state index contributed by atoms with van der Waals surface area (Å²) in [4.78, 5) is 11.7. The van der Waals surface area contributed by atoms with Crippen molar-refractivity contribution in [1.29, 1.82) is 0 Å². The number of benzene rings is 1. The standard InChI is InChI=1S/C14H18O5S/c1-10-3-4-12(9-11(10)2)20(17,18)14(13(15)16)5-7-19-8-6-14/h3-4,9H,5-8H2,1-2H3,(H,15,16). The Kier molecular flexibility index (Phi) is 3.88. The van der Waals surface area contributed by atoms with Crippen LogP contribution in [-0.4, -0.2) is 37.5 Å². The highest BCUT2D eigenvalue weighted by molar-refractivity contribution is 7.93. The van der Waals surface area contributed by atoms with Gasteiger partial charge in [0.25, 0.3) is 0 Å². The number of hydrogen-bond acceptors (Lipinski definition) is 4. The first-order valence-electron chi connectivity index (χ1n) is 6.44. The zero-order chi connectivity index (χ0) is 15.0. The van der Waals surface area contributed by atoms with Gasteiger partial charge in [0.2, 0.25) is 0 Å². The summed E-state index contributed by atoms with van der Waals surface area (Å²) in [5.74, 6) is -1.29. The van der Waals surface area contributed by atoms with Crippen molar-refractivity contribution in [3.8, 4) is 0 Å². The van der Waals surface area contributed by atoms with Gasteiger partial charge >= 0.3 is 5.97 Å². The van der Waals surface area contributed by atoms with E-state index in [1.54, 1.807) is 12.1 Å². The highest BCUT2D eigenvalue weighted by Crippen LogP contribution is 2.35. The lowest BCUT2D eigenvalue weighted by atomic mass is 9.99. The normalized spacial score (nSPS) is 18.7. The monoisotopic (exact) mass is 298 g/mol. The molecular formula is C14H18O5S. The molecule has 0 radical (unpaired) electrons. The molecule has 1 aromatic rings. The van der Waals surface area contributed by atoms with Crippen molar-refractivity contribution in [2.45, 2.75) is 36.3 Å². The van der Waals surface area contributed by atoms with Gasteiger partial charge in [0, 0.05) is 26.1 Å². The van der Waals surface area contributed by atoms with Gasteiger partial charge < -0.3 is 9.84 Å². The Labute approximate surface area is 118 Å². The third kappa shape index (κ3) is 2.23. The molecule has 6 heteroatoms. The molecule has 1 saturated heterocycles. The first kappa shape index (κ1) is 15.0. The topological polar surface area (TPSA) is 80.7 Å². The predicted molar refractivity (Wildman–Crippen MR) is 73.5 cm³/mol. The number of ether oxygens (including phenoxy) is 1. The van der Waals surface area contributed by atoms with E-state index in [9.17, 15) is 18.3 Å². The van der Waals surface area contributed by atoms with E-state index in [0.717, 1.165) is 11.1 Å². The molecule has 0 aromatic heterocycles. The summed E-state index contributed by atoms with van der Waals surface area (Å²) in [6, 6.07) is 4.74. The number of carbonyl (C=O) groups is 1. The van der Waals surface area contributed by atoms with E-state index >= 15 is 0 Å². The second-order valence-electron chi connectivity index (χ2n) is 5.16. The van der Waals surface area contributed by atoms with Crippen molar-refractivity contribution < 1.29 is 23.1 Å².